The molecule has 0 aliphatic heterocycles. The molecule has 0 radical (unpaired) electrons. The first-order chi connectivity index (χ1) is 7.17. The van der Waals surface area contributed by atoms with Crippen LogP contribution in [0.4, 0.5) is 0 Å². The minimum absolute atomic E-state index is 0.643. The number of nitrogens with two attached hydrogens (primary N) is 1. The van der Waals surface area contributed by atoms with Gasteiger partial charge in [-0.15, -0.1) is 0 Å². The van der Waals surface area contributed by atoms with Gasteiger partial charge in [0, 0.05) is 25.7 Å². The summed E-state index contributed by atoms with van der Waals surface area (Å²) in [7, 11) is 3.60. The third-order valence-electron chi connectivity index (χ3n) is 2.04. The molecule has 0 unspecified atom stereocenters. The molecule has 82 valence electrons. The Kier molecular flexibility index (Phi) is 4.39. The summed E-state index contributed by atoms with van der Waals surface area (Å²) >= 11 is 5.80. The van der Waals surface area contributed by atoms with Crippen molar-refractivity contribution in [3.8, 4) is 0 Å². The normalized spacial score (nSPS) is 11.3. The number of aliphatic imine (C=N–C) groups is 1. The second-order valence-electron chi connectivity index (χ2n) is 3.17. The van der Waals surface area contributed by atoms with E-state index in [0.717, 1.165) is 17.1 Å². The maximum Gasteiger partial charge on any atom is 0.208 e. The van der Waals surface area contributed by atoms with Crippen molar-refractivity contribution in [3.05, 3.63) is 34.9 Å². The number of nitrogens with one attached hydrogen (secondary N) is 1. The van der Waals surface area contributed by atoms with Gasteiger partial charge in [-0.25, -0.2) is 5.84 Å². The van der Waals surface area contributed by atoms with E-state index >= 15 is 0 Å². The van der Waals surface area contributed by atoms with Gasteiger partial charge in [-0.2, -0.15) is 0 Å². The van der Waals surface area contributed by atoms with Crippen LogP contribution >= 0.6 is 11.6 Å². The smallest absolute Gasteiger partial charge is 0.208 e. The molecule has 1 aromatic carbocycles. The van der Waals surface area contributed by atoms with E-state index in [0.29, 0.717) is 5.96 Å². The highest BCUT2D eigenvalue weighted by molar-refractivity contribution is 6.30. The first-order valence-corrected chi connectivity index (χ1v) is 4.94. The summed E-state index contributed by atoms with van der Waals surface area (Å²) in [6.07, 6.45) is 0. The molecule has 0 aliphatic rings. The van der Waals surface area contributed by atoms with Crippen LogP contribution in [0.15, 0.2) is 29.3 Å². The Balaban J connectivity index is 2.65. The quantitative estimate of drug-likeness (QED) is 0.345. The van der Waals surface area contributed by atoms with Gasteiger partial charge in [-0.3, -0.25) is 10.4 Å². The fourth-order valence-corrected chi connectivity index (χ4v) is 1.41. The van der Waals surface area contributed by atoms with Crippen molar-refractivity contribution < 1.29 is 0 Å². The van der Waals surface area contributed by atoms with Crippen LogP contribution in [0.25, 0.3) is 0 Å². The van der Waals surface area contributed by atoms with Crippen molar-refractivity contribution >= 4 is 17.6 Å². The maximum atomic E-state index is 5.80. The standard InChI is InChI=1S/C10H15ClN4/c1-13-10(14-12)15(2)7-8-3-5-9(11)6-4-8/h3-6H,7,12H2,1-2H3,(H,13,14). The Morgan fingerprint density at radius 1 is 1.47 bits per heavy atom. The predicted octanol–water partition coefficient (Wildman–Crippen LogP) is 1.22. The molecule has 0 saturated heterocycles. The Morgan fingerprint density at radius 3 is 2.53 bits per heavy atom. The lowest BCUT2D eigenvalue weighted by Gasteiger charge is -2.20. The van der Waals surface area contributed by atoms with E-state index in [1.165, 1.54) is 0 Å². The Labute approximate surface area is 94.7 Å². The molecule has 0 bridgehead atoms. The van der Waals surface area contributed by atoms with Crippen molar-refractivity contribution in [1.82, 2.24) is 10.3 Å². The molecule has 1 aromatic rings. The van der Waals surface area contributed by atoms with Gasteiger partial charge in [0.25, 0.3) is 0 Å². The molecule has 0 amide bonds. The fraction of sp³-hybridized carbons (Fsp3) is 0.300. The van der Waals surface area contributed by atoms with Crippen molar-refractivity contribution in [2.45, 2.75) is 6.54 Å². The van der Waals surface area contributed by atoms with E-state index in [1.807, 2.05) is 36.2 Å². The zero-order chi connectivity index (χ0) is 11.3. The SMILES string of the molecule is CN=C(NN)N(C)Cc1ccc(Cl)cc1. The molecule has 3 N–H and O–H groups in total. The van der Waals surface area contributed by atoms with Crippen LogP contribution in [-0.2, 0) is 6.54 Å². The number of rotatable bonds is 2. The first-order valence-electron chi connectivity index (χ1n) is 4.56. The van der Waals surface area contributed by atoms with E-state index < -0.39 is 0 Å². The fourth-order valence-electron chi connectivity index (χ4n) is 1.28. The average molecular weight is 227 g/mol. The van der Waals surface area contributed by atoms with Gasteiger partial charge in [0.05, 0.1) is 0 Å². The summed E-state index contributed by atoms with van der Waals surface area (Å²) in [6.45, 7) is 0.730. The van der Waals surface area contributed by atoms with Gasteiger partial charge in [-0.1, -0.05) is 23.7 Å². The van der Waals surface area contributed by atoms with E-state index in [2.05, 4.69) is 10.4 Å². The van der Waals surface area contributed by atoms with E-state index in [-0.39, 0.29) is 0 Å². The number of hydrogen-bond donors (Lipinski definition) is 2. The molecule has 0 saturated carbocycles. The summed E-state index contributed by atoms with van der Waals surface area (Å²) in [5.41, 5.74) is 3.68. The number of halogens is 1. The van der Waals surface area contributed by atoms with Gasteiger partial charge < -0.3 is 4.90 Å². The van der Waals surface area contributed by atoms with Gasteiger partial charge >= 0.3 is 0 Å². The van der Waals surface area contributed by atoms with Crippen LogP contribution in [0.2, 0.25) is 5.02 Å². The summed E-state index contributed by atoms with van der Waals surface area (Å²) < 4.78 is 0. The summed E-state index contributed by atoms with van der Waals surface area (Å²) in [5, 5.41) is 0.739. The number of nitrogens with zero attached hydrogens (tertiary/aromatic N) is 2. The highest BCUT2D eigenvalue weighted by atomic mass is 35.5. The van der Waals surface area contributed by atoms with Gasteiger partial charge in [-0.05, 0) is 17.7 Å². The highest BCUT2D eigenvalue weighted by Crippen LogP contribution is 2.10. The van der Waals surface area contributed by atoms with Crippen LogP contribution in [0.5, 0.6) is 0 Å². The van der Waals surface area contributed by atoms with Crippen LogP contribution < -0.4 is 11.3 Å². The molecule has 0 aromatic heterocycles. The van der Waals surface area contributed by atoms with Crippen LogP contribution in [0.1, 0.15) is 5.56 Å². The van der Waals surface area contributed by atoms with Gasteiger partial charge in [0.1, 0.15) is 0 Å². The molecule has 0 fully saturated rings. The summed E-state index contributed by atoms with van der Waals surface area (Å²) in [5.74, 6) is 5.96. The molecule has 1 rings (SSSR count). The van der Waals surface area contributed by atoms with Crippen LogP contribution in [-0.4, -0.2) is 25.0 Å². The van der Waals surface area contributed by atoms with Gasteiger partial charge in [0.2, 0.25) is 5.96 Å². The first kappa shape index (κ1) is 11.8. The second-order valence-corrected chi connectivity index (χ2v) is 3.61. The molecule has 5 heteroatoms. The maximum absolute atomic E-state index is 5.80. The second kappa shape index (κ2) is 5.58. The van der Waals surface area contributed by atoms with Crippen molar-refractivity contribution in [3.63, 3.8) is 0 Å². The largest absolute Gasteiger partial charge is 0.341 e. The minimum atomic E-state index is 0.643. The van der Waals surface area contributed by atoms with Crippen LogP contribution in [0.3, 0.4) is 0 Å². The molecule has 0 spiro atoms. The average Bonchev–Trinajstić information content (AvgIpc) is 2.23. The zero-order valence-electron chi connectivity index (χ0n) is 8.87. The van der Waals surface area contributed by atoms with E-state index in [4.69, 9.17) is 17.4 Å². The van der Waals surface area contributed by atoms with Gasteiger partial charge in [0.15, 0.2) is 0 Å². The monoisotopic (exact) mass is 226 g/mol. The van der Waals surface area contributed by atoms with E-state index in [1.54, 1.807) is 7.05 Å². The third kappa shape index (κ3) is 3.42. The third-order valence-corrected chi connectivity index (χ3v) is 2.29. The van der Waals surface area contributed by atoms with Crippen molar-refractivity contribution in [2.75, 3.05) is 14.1 Å². The molecule has 4 nitrogen and oxygen atoms in total. The summed E-state index contributed by atoms with van der Waals surface area (Å²) in [4.78, 5) is 5.92. The Morgan fingerprint density at radius 2 is 2.07 bits per heavy atom. The number of benzene rings is 1. The van der Waals surface area contributed by atoms with Crippen molar-refractivity contribution in [1.29, 1.82) is 0 Å². The summed E-state index contributed by atoms with van der Waals surface area (Å²) in [6, 6.07) is 7.68. The Hall–Kier alpha value is -1.26. The molecule has 0 heterocycles. The highest BCUT2D eigenvalue weighted by Gasteiger charge is 2.04. The Bertz CT molecular complexity index is 334. The molecule has 0 atom stereocenters. The zero-order valence-corrected chi connectivity index (χ0v) is 9.62. The molecular weight excluding hydrogens is 212 g/mol. The van der Waals surface area contributed by atoms with Crippen molar-refractivity contribution in [2.24, 2.45) is 10.8 Å². The molecular formula is C10H15ClN4. The van der Waals surface area contributed by atoms with E-state index in [9.17, 15) is 0 Å². The number of hydrogen-bond acceptors (Lipinski definition) is 2. The topological polar surface area (TPSA) is 53.6 Å². The molecule has 0 aliphatic carbocycles. The minimum Gasteiger partial charge on any atom is -0.341 e. The number of hydrazine groups is 1. The molecule has 15 heavy (non-hydrogen) atoms. The predicted molar refractivity (Wildman–Crippen MR) is 63.6 cm³/mol. The lowest BCUT2D eigenvalue weighted by atomic mass is 10.2. The lowest BCUT2D eigenvalue weighted by Crippen LogP contribution is -2.42. The van der Waals surface area contributed by atoms with Crippen LogP contribution in [0, 0.1) is 0 Å². The lowest BCUT2D eigenvalue weighted by molar-refractivity contribution is 0.479. The number of guanidine groups is 1.